The number of carbonyl (C=O) groups excluding carboxylic acids is 2. The largest absolute Gasteiger partial charge is 0.409 e. The van der Waals surface area contributed by atoms with Crippen molar-refractivity contribution in [1.29, 1.82) is 0 Å². The Kier molecular flexibility index (Phi) is 5.59. The molecule has 0 aromatic rings. The van der Waals surface area contributed by atoms with Gasteiger partial charge in [-0.1, -0.05) is 12.1 Å². The molecule has 0 radical (unpaired) electrons. The molecule has 1 heterocycles. The van der Waals surface area contributed by atoms with Gasteiger partial charge >= 0.3 is 0 Å². The fraction of sp³-hybridized carbons (Fsp3) is 0.750. The molecule has 1 aliphatic heterocycles. The maximum Gasteiger partial charge on any atom is 0.233 e. The summed E-state index contributed by atoms with van der Waals surface area (Å²) in [5.41, 5.74) is 5.52. The van der Waals surface area contributed by atoms with E-state index in [0.29, 0.717) is 32.4 Å². The minimum atomic E-state index is -0.582. The molecule has 1 atom stereocenters. The molecule has 0 bridgehead atoms. The highest BCUT2D eigenvalue weighted by molar-refractivity contribution is 6.02. The van der Waals surface area contributed by atoms with Crippen LogP contribution in [0.5, 0.6) is 0 Å². The highest BCUT2D eigenvalue weighted by Crippen LogP contribution is 2.20. The van der Waals surface area contributed by atoms with Gasteiger partial charge in [-0.25, -0.2) is 0 Å². The van der Waals surface area contributed by atoms with Crippen LogP contribution in [0.15, 0.2) is 5.16 Å². The average Bonchev–Trinajstić information content (AvgIpc) is 2.46. The van der Waals surface area contributed by atoms with Crippen molar-refractivity contribution >= 4 is 17.6 Å². The fourth-order valence-electron chi connectivity index (χ4n) is 2.37. The van der Waals surface area contributed by atoms with Gasteiger partial charge in [0.2, 0.25) is 11.8 Å². The van der Waals surface area contributed by atoms with Gasteiger partial charge in [0.25, 0.3) is 0 Å². The van der Waals surface area contributed by atoms with Gasteiger partial charge in [-0.2, -0.15) is 0 Å². The summed E-state index contributed by atoms with van der Waals surface area (Å²) in [6.07, 6.45) is 1.79. The summed E-state index contributed by atoms with van der Waals surface area (Å²) in [7, 11) is 1.62. The third-order valence-corrected chi connectivity index (χ3v) is 3.60. The summed E-state index contributed by atoms with van der Waals surface area (Å²) in [4.78, 5) is 25.4. The standard InChI is InChI=1S/C12H22N4O3/c1-3-9(10(13)15-19)12(18)16-6-4-8(5-7-16)11(17)14-2/h8-9,19H,3-7H2,1-2H3,(H2,13,15)(H,14,17). The van der Waals surface area contributed by atoms with Crippen molar-refractivity contribution in [2.45, 2.75) is 26.2 Å². The number of amides is 2. The highest BCUT2D eigenvalue weighted by Gasteiger charge is 2.31. The number of piperidine rings is 1. The molecule has 1 aliphatic rings. The smallest absolute Gasteiger partial charge is 0.233 e. The van der Waals surface area contributed by atoms with Gasteiger partial charge in [0.05, 0.1) is 5.92 Å². The molecule has 0 aliphatic carbocycles. The quantitative estimate of drug-likeness (QED) is 0.283. The lowest BCUT2D eigenvalue weighted by atomic mass is 9.94. The first-order valence-electron chi connectivity index (χ1n) is 6.52. The summed E-state index contributed by atoms with van der Waals surface area (Å²) in [5.74, 6) is -0.774. The van der Waals surface area contributed by atoms with Gasteiger partial charge in [0, 0.05) is 26.1 Å². The number of nitrogens with one attached hydrogen (secondary N) is 1. The molecule has 1 rings (SSSR count). The zero-order valence-electron chi connectivity index (χ0n) is 11.4. The van der Waals surface area contributed by atoms with Crippen LogP contribution in [0, 0.1) is 11.8 Å². The number of rotatable bonds is 4. The first-order valence-corrected chi connectivity index (χ1v) is 6.52. The average molecular weight is 270 g/mol. The summed E-state index contributed by atoms with van der Waals surface area (Å²) >= 11 is 0. The van der Waals surface area contributed by atoms with Crippen LogP contribution in [0.25, 0.3) is 0 Å². The fourth-order valence-corrected chi connectivity index (χ4v) is 2.37. The molecule has 108 valence electrons. The van der Waals surface area contributed by atoms with E-state index in [2.05, 4.69) is 10.5 Å². The Morgan fingerprint density at radius 2 is 2.05 bits per heavy atom. The Labute approximate surface area is 112 Å². The molecule has 0 aromatic heterocycles. The van der Waals surface area contributed by atoms with Crippen molar-refractivity contribution in [1.82, 2.24) is 10.2 Å². The van der Waals surface area contributed by atoms with Crippen LogP contribution in [-0.4, -0.2) is 47.9 Å². The number of hydrogen-bond acceptors (Lipinski definition) is 4. The van der Waals surface area contributed by atoms with Crippen LogP contribution in [0.4, 0.5) is 0 Å². The molecule has 1 saturated heterocycles. The second-order valence-corrected chi connectivity index (χ2v) is 4.70. The van der Waals surface area contributed by atoms with E-state index in [1.807, 2.05) is 6.92 Å². The number of nitrogens with two attached hydrogens (primary N) is 1. The topological polar surface area (TPSA) is 108 Å². The Morgan fingerprint density at radius 1 is 1.47 bits per heavy atom. The Balaban J connectivity index is 2.59. The van der Waals surface area contributed by atoms with E-state index in [0.717, 1.165) is 0 Å². The van der Waals surface area contributed by atoms with E-state index < -0.39 is 5.92 Å². The maximum atomic E-state index is 12.2. The van der Waals surface area contributed by atoms with Crippen molar-refractivity contribution in [2.75, 3.05) is 20.1 Å². The Morgan fingerprint density at radius 3 is 2.47 bits per heavy atom. The third kappa shape index (κ3) is 3.59. The van der Waals surface area contributed by atoms with Gasteiger partial charge in [0.1, 0.15) is 0 Å². The van der Waals surface area contributed by atoms with Gasteiger partial charge in [0.15, 0.2) is 5.84 Å². The lowest BCUT2D eigenvalue weighted by Crippen LogP contribution is -2.47. The first-order chi connectivity index (χ1) is 9.04. The zero-order valence-corrected chi connectivity index (χ0v) is 11.4. The lowest BCUT2D eigenvalue weighted by Gasteiger charge is -2.33. The zero-order chi connectivity index (χ0) is 14.4. The van der Waals surface area contributed by atoms with Crippen molar-refractivity contribution in [3.05, 3.63) is 0 Å². The van der Waals surface area contributed by atoms with E-state index in [-0.39, 0.29) is 23.6 Å². The van der Waals surface area contributed by atoms with Crippen LogP contribution < -0.4 is 11.1 Å². The van der Waals surface area contributed by atoms with Crippen LogP contribution >= 0.6 is 0 Å². The molecule has 0 saturated carbocycles. The minimum Gasteiger partial charge on any atom is -0.409 e. The monoisotopic (exact) mass is 270 g/mol. The molecular formula is C12H22N4O3. The van der Waals surface area contributed by atoms with Gasteiger partial charge in [-0.3, -0.25) is 9.59 Å². The van der Waals surface area contributed by atoms with E-state index in [9.17, 15) is 9.59 Å². The van der Waals surface area contributed by atoms with E-state index in [1.165, 1.54) is 0 Å². The van der Waals surface area contributed by atoms with Crippen LogP contribution in [0.1, 0.15) is 26.2 Å². The molecule has 0 spiro atoms. The molecule has 1 fully saturated rings. The summed E-state index contributed by atoms with van der Waals surface area (Å²) in [5, 5.41) is 14.2. The maximum absolute atomic E-state index is 12.2. The summed E-state index contributed by atoms with van der Waals surface area (Å²) in [6, 6.07) is 0. The Hall–Kier alpha value is -1.79. The number of likely N-dealkylation sites (tertiary alicyclic amines) is 1. The minimum absolute atomic E-state index is 0.0237. The second kappa shape index (κ2) is 6.96. The number of amidine groups is 1. The molecule has 4 N–H and O–H groups in total. The molecule has 7 nitrogen and oxygen atoms in total. The number of nitrogens with zero attached hydrogens (tertiary/aromatic N) is 2. The van der Waals surface area contributed by atoms with Crippen LogP contribution in [0.3, 0.4) is 0 Å². The Bertz CT molecular complexity index is 362. The molecule has 1 unspecified atom stereocenters. The first kappa shape index (κ1) is 15.3. The van der Waals surface area contributed by atoms with E-state index in [1.54, 1.807) is 11.9 Å². The predicted octanol–water partition coefficient (Wildman–Crippen LogP) is -0.256. The molecular weight excluding hydrogens is 248 g/mol. The van der Waals surface area contributed by atoms with Crippen LogP contribution in [0.2, 0.25) is 0 Å². The van der Waals surface area contributed by atoms with Gasteiger partial charge in [-0.05, 0) is 19.3 Å². The molecule has 7 heteroatoms. The second-order valence-electron chi connectivity index (χ2n) is 4.70. The molecule has 2 amide bonds. The summed E-state index contributed by atoms with van der Waals surface area (Å²) < 4.78 is 0. The van der Waals surface area contributed by atoms with E-state index >= 15 is 0 Å². The van der Waals surface area contributed by atoms with Crippen molar-refractivity contribution in [3.8, 4) is 0 Å². The van der Waals surface area contributed by atoms with Gasteiger partial charge in [-0.15, -0.1) is 0 Å². The lowest BCUT2D eigenvalue weighted by molar-refractivity contribution is -0.137. The van der Waals surface area contributed by atoms with E-state index in [4.69, 9.17) is 10.9 Å². The highest BCUT2D eigenvalue weighted by atomic mass is 16.4. The molecule has 19 heavy (non-hydrogen) atoms. The normalized spacial score (nSPS) is 19.1. The number of oxime groups is 1. The predicted molar refractivity (Wildman–Crippen MR) is 70.6 cm³/mol. The van der Waals surface area contributed by atoms with Crippen molar-refractivity contribution in [2.24, 2.45) is 22.7 Å². The molecule has 0 aromatic carbocycles. The number of carbonyl (C=O) groups is 2. The SMILES string of the molecule is CCC(C(=O)N1CCC(C(=O)NC)CC1)C(N)=NO. The van der Waals surface area contributed by atoms with Gasteiger partial charge < -0.3 is 21.2 Å². The van der Waals surface area contributed by atoms with Crippen molar-refractivity contribution in [3.63, 3.8) is 0 Å². The summed E-state index contributed by atoms with van der Waals surface area (Å²) in [6.45, 7) is 2.89. The third-order valence-electron chi connectivity index (χ3n) is 3.60. The van der Waals surface area contributed by atoms with Crippen molar-refractivity contribution < 1.29 is 14.8 Å². The number of hydrogen-bond donors (Lipinski definition) is 3. The van der Waals surface area contributed by atoms with Crippen LogP contribution in [-0.2, 0) is 9.59 Å².